The van der Waals surface area contributed by atoms with Gasteiger partial charge in [-0.3, -0.25) is 4.72 Å². The summed E-state index contributed by atoms with van der Waals surface area (Å²) >= 11 is 1.17. The number of nitrogens with zero attached hydrogens (tertiary/aromatic N) is 3. The summed E-state index contributed by atoms with van der Waals surface area (Å²) in [6.45, 7) is 1.75. The van der Waals surface area contributed by atoms with E-state index in [1.54, 1.807) is 20.0 Å². The SMILES string of the molecule is CNc1ncccc1S(=O)(=O)Nc1nnc(C)s1. The Bertz CT molecular complexity index is 652. The minimum atomic E-state index is -3.71. The molecule has 0 aliphatic rings. The van der Waals surface area contributed by atoms with Crippen LogP contribution in [0.25, 0.3) is 0 Å². The molecule has 0 fully saturated rings. The highest BCUT2D eigenvalue weighted by Crippen LogP contribution is 2.22. The van der Waals surface area contributed by atoms with Gasteiger partial charge in [0.25, 0.3) is 10.0 Å². The number of pyridine rings is 1. The van der Waals surface area contributed by atoms with E-state index in [4.69, 9.17) is 0 Å². The summed E-state index contributed by atoms with van der Waals surface area (Å²) in [7, 11) is -2.10. The minimum Gasteiger partial charge on any atom is -0.372 e. The van der Waals surface area contributed by atoms with Gasteiger partial charge >= 0.3 is 0 Å². The van der Waals surface area contributed by atoms with Crippen LogP contribution < -0.4 is 10.0 Å². The van der Waals surface area contributed by atoms with E-state index >= 15 is 0 Å². The molecule has 0 amide bonds. The molecule has 0 bridgehead atoms. The lowest BCUT2D eigenvalue weighted by Gasteiger charge is -2.08. The summed E-state index contributed by atoms with van der Waals surface area (Å²) < 4.78 is 26.6. The van der Waals surface area contributed by atoms with Crippen LogP contribution in [0.4, 0.5) is 10.9 Å². The maximum atomic E-state index is 12.1. The Morgan fingerprint density at radius 3 is 2.72 bits per heavy atom. The molecule has 7 nitrogen and oxygen atoms in total. The fraction of sp³-hybridized carbons (Fsp3) is 0.222. The van der Waals surface area contributed by atoms with E-state index in [9.17, 15) is 8.42 Å². The number of aryl methyl sites for hydroxylation is 1. The second kappa shape index (κ2) is 4.86. The average Bonchev–Trinajstić information content (AvgIpc) is 2.74. The van der Waals surface area contributed by atoms with Gasteiger partial charge < -0.3 is 5.32 Å². The molecule has 0 radical (unpaired) electrons. The number of anilines is 2. The van der Waals surface area contributed by atoms with Gasteiger partial charge in [-0.05, 0) is 19.1 Å². The Labute approximate surface area is 108 Å². The molecule has 0 unspecified atom stereocenters. The first-order chi connectivity index (χ1) is 8.53. The molecule has 0 saturated carbocycles. The van der Waals surface area contributed by atoms with E-state index < -0.39 is 10.0 Å². The van der Waals surface area contributed by atoms with Crippen molar-refractivity contribution in [2.24, 2.45) is 0 Å². The van der Waals surface area contributed by atoms with Crippen LogP contribution >= 0.6 is 11.3 Å². The smallest absolute Gasteiger partial charge is 0.267 e. The van der Waals surface area contributed by atoms with Gasteiger partial charge in [-0.25, -0.2) is 13.4 Å². The van der Waals surface area contributed by atoms with Crippen LogP contribution in [0.2, 0.25) is 0 Å². The normalized spacial score (nSPS) is 11.2. The predicted molar refractivity (Wildman–Crippen MR) is 69.2 cm³/mol. The first kappa shape index (κ1) is 12.7. The highest BCUT2D eigenvalue weighted by atomic mass is 32.2. The fourth-order valence-corrected chi connectivity index (χ4v) is 3.29. The lowest BCUT2D eigenvalue weighted by Crippen LogP contribution is -2.15. The topological polar surface area (TPSA) is 96.9 Å². The summed E-state index contributed by atoms with van der Waals surface area (Å²) in [4.78, 5) is 4.02. The zero-order valence-electron chi connectivity index (χ0n) is 9.71. The third kappa shape index (κ3) is 2.57. The Kier molecular flexibility index (Phi) is 3.43. The number of hydrogen-bond donors (Lipinski definition) is 2. The molecule has 0 aliphatic heterocycles. The summed E-state index contributed by atoms with van der Waals surface area (Å²) in [6.07, 6.45) is 1.51. The van der Waals surface area contributed by atoms with Gasteiger partial charge in [0, 0.05) is 13.2 Å². The van der Waals surface area contributed by atoms with Crippen molar-refractivity contribution in [3.63, 3.8) is 0 Å². The predicted octanol–water partition coefficient (Wildman–Crippen LogP) is 1.08. The molecule has 0 atom stereocenters. The Hall–Kier alpha value is -1.74. The lowest BCUT2D eigenvalue weighted by atomic mass is 10.5. The summed E-state index contributed by atoms with van der Waals surface area (Å²) in [5.41, 5.74) is 0. The van der Waals surface area contributed by atoms with Gasteiger partial charge in [0.15, 0.2) is 0 Å². The number of rotatable bonds is 4. The van der Waals surface area contributed by atoms with E-state index in [-0.39, 0.29) is 15.8 Å². The highest BCUT2D eigenvalue weighted by molar-refractivity contribution is 7.93. The maximum absolute atomic E-state index is 12.1. The summed E-state index contributed by atoms with van der Waals surface area (Å²) in [5, 5.41) is 11.1. The molecule has 0 aliphatic carbocycles. The molecular formula is C9H11N5O2S2. The van der Waals surface area contributed by atoms with Gasteiger partial charge in [-0.15, -0.1) is 10.2 Å². The second-order valence-electron chi connectivity index (χ2n) is 3.33. The molecule has 2 N–H and O–H groups in total. The largest absolute Gasteiger partial charge is 0.372 e. The van der Waals surface area contributed by atoms with Crippen LogP contribution in [0.15, 0.2) is 23.2 Å². The van der Waals surface area contributed by atoms with Crippen molar-refractivity contribution in [1.29, 1.82) is 0 Å². The third-order valence-corrected chi connectivity index (χ3v) is 4.30. The van der Waals surface area contributed by atoms with Crippen molar-refractivity contribution in [3.8, 4) is 0 Å². The van der Waals surface area contributed by atoms with Crippen molar-refractivity contribution < 1.29 is 8.42 Å². The van der Waals surface area contributed by atoms with Crippen molar-refractivity contribution >= 4 is 32.3 Å². The molecular weight excluding hydrogens is 274 g/mol. The summed E-state index contributed by atoms with van der Waals surface area (Å²) in [6, 6.07) is 3.02. The number of sulfonamides is 1. The Morgan fingerprint density at radius 2 is 2.11 bits per heavy atom. The molecule has 0 spiro atoms. The Morgan fingerprint density at radius 1 is 1.33 bits per heavy atom. The second-order valence-corrected chi connectivity index (χ2v) is 6.16. The quantitative estimate of drug-likeness (QED) is 0.872. The molecule has 2 aromatic heterocycles. The fourth-order valence-electron chi connectivity index (χ4n) is 1.30. The standard InChI is InChI=1S/C9H11N5O2S2/c1-6-12-13-9(17-6)14-18(15,16)7-4-3-5-11-8(7)10-2/h3-5H,1-2H3,(H,10,11)(H,13,14). The first-order valence-electron chi connectivity index (χ1n) is 4.98. The van der Waals surface area contributed by atoms with Crippen molar-refractivity contribution in [3.05, 3.63) is 23.3 Å². The zero-order valence-corrected chi connectivity index (χ0v) is 11.3. The van der Waals surface area contributed by atoms with Crippen LogP contribution in [-0.4, -0.2) is 30.6 Å². The van der Waals surface area contributed by atoms with Crippen molar-refractivity contribution in [1.82, 2.24) is 15.2 Å². The van der Waals surface area contributed by atoms with E-state index in [0.29, 0.717) is 5.01 Å². The molecule has 0 saturated heterocycles. The van der Waals surface area contributed by atoms with E-state index in [0.717, 1.165) is 0 Å². The maximum Gasteiger partial charge on any atom is 0.267 e. The average molecular weight is 285 g/mol. The number of aromatic nitrogens is 3. The lowest BCUT2D eigenvalue weighted by molar-refractivity contribution is 0.601. The van der Waals surface area contributed by atoms with E-state index in [1.165, 1.54) is 23.6 Å². The van der Waals surface area contributed by atoms with Gasteiger partial charge in [0.2, 0.25) is 5.13 Å². The molecule has 18 heavy (non-hydrogen) atoms. The molecule has 2 heterocycles. The van der Waals surface area contributed by atoms with Crippen LogP contribution in [0.1, 0.15) is 5.01 Å². The van der Waals surface area contributed by atoms with Crippen molar-refractivity contribution in [2.75, 3.05) is 17.1 Å². The third-order valence-electron chi connectivity index (χ3n) is 2.04. The number of nitrogens with one attached hydrogen (secondary N) is 2. The molecule has 2 rings (SSSR count). The molecule has 9 heteroatoms. The molecule has 2 aromatic rings. The van der Waals surface area contributed by atoms with E-state index in [1.807, 2.05) is 0 Å². The highest BCUT2D eigenvalue weighted by Gasteiger charge is 2.20. The van der Waals surface area contributed by atoms with Gasteiger partial charge in [-0.2, -0.15) is 0 Å². The monoisotopic (exact) mass is 285 g/mol. The van der Waals surface area contributed by atoms with Crippen LogP contribution in [0.5, 0.6) is 0 Å². The van der Waals surface area contributed by atoms with Crippen LogP contribution in [0, 0.1) is 6.92 Å². The summed E-state index contributed by atoms with van der Waals surface area (Å²) in [5.74, 6) is 0.284. The number of hydrogen-bond acceptors (Lipinski definition) is 7. The van der Waals surface area contributed by atoms with Gasteiger partial charge in [0.05, 0.1) is 0 Å². The Balaban J connectivity index is 2.36. The van der Waals surface area contributed by atoms with Crippen molar-refractivity contribution in [2.45, 2.75) is 11.8 Å². The van der Waals surface area contributed by atoms with Gasteiger partial charge in [-0.1, -0.05) is 11.3 Å². The molecule has 0 aromatic carbocycles. The van der Waals surface area contributed by atoms with E-state index in [2.05, 4.69) is 25.2 Å². The minimum absolute atomic E-state index is 0.0698. The van der Waals surface area contributed by atoms with Crippen LogP contribution in [-0.2, 0) is 10.0 Å². The molecule has 96 valence electrons. The van der Waals surface area contributed by atoms with Crippen LogP contribution in [0.3, 0.4) is 0 Å². The zero-order chi connectivity index (χ0) is 13.2. The van der Waals surface area contributed by atoms with Gasteiger partial charge in [0.1, 0.15) is 15.7 Å². The first-order valence-corrected chi connectivity index (χ1v) is 7.28.